The first kappa shape index (κ1) is 25.2. The molecule has 1 aromatic carbocycles. The number of thioether (sulfide) groups is 1. The third-order valence-electron chi connectivity index (χ3n) is 5.89. The number of rotatable bonds is 9. The van der Waals surface area contributed by atoms with Gasteiger partial charge in [0, 0.05) is 36.8 Å². The lowest BCUT2D eigenvalue weighted by molar-refractivity contribution is -0.113. The lowest BCUT2D eigenvalue weighted by atomic mass is 9.95. The number of nitrogens with one attached hydrogen (secondary N) is 1. The fourth-order valence-electron chi connectivity index (χ4n) is 4.18. The maximum atomic E-state index is 12.9. The summed E-state index contributed by atoms with van der Waals surface area (Å²) in [7, 11) is 4.00. The normalized spacial score (nSPS) is 12.8. The van der Waals surface area contributed by atoms with Crippen molar-refractivity contribution >= 4 is 45.7 Å². The summed E-state index contributed by atoms with van der Waals surface area (Å²) in [5.41, 5.74) is 3.63. The number of aromatic nitrogens is 3. The molecule has 0 atom stereocenters. The second kappa shape index (κ2) is 11.3. The van der Waals surface area contributed by atoms with Crippen molar-refractivity contribution in [2.24, 2.45) is 0 Å². The van der Waals surface area contributed by atoms with E-state index in [1.807, 2.05) is 48.7 Å². The number of esters is 1. The van der Waals surface area contributed by atoms with E-state index >= 15 is 0 Å². The minimum absolute atomic E-state index is 0.167. The molecule has 0 saturated carbocycles. The van der Waals surface area contributed by atoms with Crippen molar-refractivity contribution in [3.05, 3.63) is 40.3 Å². The molecule has 1 aliphatic carbocycles. The summed E-state index contributed by atoms with van der Waals surface area (Å²) in [6.45, 7) is 4.82. The molecule has 0 saturated heterocycles. The monoisotopic (exact) mass is 513 g/mol. The van der Waals surface area contributed by atoms with E-state index in [9.17, 15) is 9.59 Å². The van der Waals surface area contributed by atoms with Gasteiger partial charge in [-0.25, -0.2) is 4.79 Å². The van der Waals surface area contributed by atoms with E-state index < -0.39 is 0 Å². The lowest BCUT2D eigenvalue weighted by Gasteiger charge is -2.14. The Morgan fingerprint density at radius 3 is 2.74 bits per heavy atom. The Bertz CT molecular complexity index is 1220. The summed E-state index contributed by atoms with van der Waals surface area (Å²) in [6.07, 6.45) is 3.94. The van der Waals surface area contributed by atoms with Crippen LogP contribution in [0.1, 0.15) is 47.5 Å². The average Bonchev–Trinajstić information content (AvgIpc) is 3.43. The van der Waals surface area contributed by atoms with Gasteiger partial charge in [-0.05, 0) is 57.2 Å². The van der Waals surface area contributed by atoms with Crippen LogP contribution in [0.2, 0.25) is 0 Å². The van der Waals surface area contributed by atoms with Gasteiger partial charge in [0.2, 0.25) is 5.91 Å². The molecule has 35 heavy (non-hydrogen) atoms. The molecule has 0 fully saturated rings. The summed E-state index contributed by atoms with van der Waals surface area (Å²) in [5.74, 6) is 0.404. The highest BCUT2D eigenvalue weighted by molar-refractivity contribution is 7.99. The highest BCUT2D eigenvalue weighted by Crippen LogP contribution is 2.38. The van der Waals surface area contributed by atoms with E-state index in [0.717, 1.165) is 48.3 Å². The largest absolute Gasteiger partial charge is 0.462 e. The van der Waals surface area contributed by atoms with Crippen molar-refractivity contribution in [3.63, 3.8) is 0 Å². The molecule has 0 aliphatic heterocycles. The number of hydrogen-bond acceptors (Lipinski definition) is 8. The first-order valence-corrected chi connectivity index (χ1v) is 13.7. The molecule has 0 spiro atoms. The standard InChI is InChI=1S/C25H31N5O3S2/c1-5-30-22(16-10-9-11-17(14-16)29(3)4)27-28-25(30)34-15-20(31)26-23-21(24(32)33-6-2)18-12-7-8-13-19(18)35-23/h9-11,14H,5-8,12-13,15H2,1-4H3,(H,26,31). The number of aryl methyl sites for hydroxylation is 1. The van der Waals surface area contributed by atoms with Gasteiger partial charge in [0.1, 0.15) is 5.00 Å². The molecule has 10 heteroatoms. The maximum absolute atomic E-state index is 12.9. The third kappa shape index (κ3) is 5.54. The number of amides is 1. The maximum Gasteiger partial charge on any atom is 0.341 e. The number of anilines is 2. The summed E-state index contributed by atoms with van der Waals surface area (Å²) in [6, 6.07) is 8.14. The summed E-state index contributed by atoms with van der Waals surface area (Å²) < 4.78 is 7.30. The minimum atomic E-state index is -0.356. The number of ether oxygens (including phenoxy) is 1. The van der Waals surface area contributed by atoms with E-state index in [0.29, 0.717) is 28.9 Å². The Morgan fingerprint density at radius 2 is 2.00 bits per heavy atom. The fourth-order valence-corrected chi connectivity index (χ4v) is 6.28. The molecule has 4 rings (SSSR count). The molecule has 2 heterocycles. The van der Waals surface area contributed by atoms with Crippen LogP contribution in [0.5, 0.6) is 0 Å². The first-order valence-electron chi connectivity index (χ1n) is 11.9. The number of carbonyl (C=O) groups is 2. The molecule has 8 nitrogen and oxygen atoms in total. The number of fused-ring (bicyclic) bond motifs is 1. The van der Waals surface area contributed by atoms with Crippen LogP contribution in [0, 0.1) is 0 Å². The first-order chi connectivity index (χ1) is 16.9. The van der Waals surface area contributed by atoms with Crippen LogP contribution in [0.25, 0.3) is 11.4 Å². The van der Waals surface area contributed by atoms with Crippen LogP contribution in [-0.2, 0) is 28.9 Å². The number of benzene rings is 1. The van der Waals surface area contributed by atoms with Crippen LogP contribution in [0.15, 0.2) is 29.4 Å². The number of carbonyl (C=O) groups excluding carboxylic acids is 2. The van der Waals surface area contributed by atoms with E-state index in [2.05, 4.69) is 21.6 Å². The molecule has 186 valence electrons. The fraction of sp³-hybridized carbons (Fsp3) is 0.440. The Balaban J connectivity index is 1.49. The molecular weight excluding hydrogens is 482 g/mol. The van der Waals surface area contributed by atoms with Crippen molar-refractivity contribution < 1.29 is 14.3 Å². The minimum Gasteiger partial charge on any atom is -0.462 e. The second-order valence-corrected chi connectivity index (χ2v) is 10.5. The highest BCUT2D eigenvalue weighted by atomic mass is 32.2. The average molecular weight is 514 g/mol. The Labute approximate surface area is 214 Å². The predicted octanol–water partition coefficient (Wildman–Crippen LogP) is 4.88. The smallest absolute Gasteiger partial charge is 0.341 e. The van der Waals surface area contributed by atoms with Crippen LogP contribution in [0.3, 0.4) is 0 Å². The van der Waals surface area contributed by atoms with Crippen LogP contribution in [-0.4, -0.2) is 53.1 Å². The van der Waals surface area contributed by atoms with E-state index in [1.54, 1.807) is 6.92 Å². The van der Waals surface area contributed by atoms with Crippen molar-refractivity contribution in [3.8, 4) is 11.4 Å². The lowest BCUT2D eigenvalue weighted by Crippen LogP contribution is -2.17. The van der Waals surface area contributed by atoms with Gasteiger partial charge in [-0.1, -0.05) is 23.9 Å². The molecule has 1 aliphatic rings. The van der Waals surface area contributed by atoms with Crippen molar-refractivity contribution in [2.45, 2.75) is 51.2 Å². The van der Waals surface area contributed by atoms with Crippen molar-refractivity contribution in [1.29, 1.82) is 0 Å². The van der Waals surface area contributed by atoms with Crippen molar-refractivity contribution in [1.82, 2.24) is 14.8 Å². The highest BCUT2D eigenvalue weighted by Gasteiger charge is 2.27. The van der Waals surface area contributed by atoms with Gasteiger partial charge in [0.25, 0.3) is 0 Å². The van der Waals surface area contributed by atoms with Gasteiger partial charge < -0.3 is 19.5 Å². The van der Waals surface area contributed by atoms with Gasteiger partial charge in [0.15, 0.2) is 11.0 Å². The summed E-state index contributed by atoms with van der Waals surface area (Å²) in [4.78, 5) is 28.8. The van der Waals surface area contributed by atoms with Gasteiger partial charge in [0.05, 0.1) is 17.9 Å². The van der Waals surface area contributed by atoms with Gasteiger partial charge in [-0.3, -0.25) is 4.79 Å². The van der Waals surface area contributed by atoms with Gasteiger partial charge >= 0.3 is 5.97 Å². The molecule has 1 amide bonds. The molecule has 1 N–H and O–H groups in total. The topological polar surface area (TPSA) is 89.3 Å². The van der Waals surface area contributed by atoms with E-state index in [4.69, 9.17) is 4.74 Å². The number of hydrogen-bond donors (Lipinski definition) is 1. The molecule has 0 radical (unpaired) electrons. The zero-order chi connectivity index (χ0) is 24.9. The van der Waals surface area contributed by atoms with Crippen LogP contribution in [0.4, 0.5) is 10.7 Å². The zero-order valence-corrected chi connectivity index (χ0v) is 22.2. The Kier molecular flexibility index (Phi) is 8.12. The Hall–Kier alpha value is -2.85. The molecule has 2 aromatic heterocycles. The van der Waals surface area contributed by atoms with E-state index in [1.165, 1.54) is 28.0 Å². The summed E-state index contributed by atoms with van der Waals surface area (Å²) in [5, 5.41) is 13.0. The second-order valence-electron chi connectivity index (χ2n) is 8.47. The SMILES string of the molecule is CCOC(=O)c1c(NC(=O)CSc2nnc(-c3cccc(N(C)C)c3)n2CC)sc2c1CCCC2. The quantitative estimate of drug-likeness (QED) is 0.322. The molecule has 0 unspecified atom stereocenters. The number of nitrogens with zero attached hydrogens (tertiary/aromatic N) is 4. The van der Waals surface area contributed by atoms with Gasteiger partial charge in [-0.15, -0.1) is 21.5 Å². The number of thiophene rings is 1. The molecule has 3 aromatic rings. The van der Waals surface area contributed by atoms with E-state index in [-0.39, 0.29) is 17.6 Å². The van der Waals surface area contributed by atoms with Gasteiger partial charge in [-0.2, -0.15) is 0 Å². The van der Waals surface area contributed by atoms with Crippen LogP contribution < -0.4 is 10.2 Å². The predicted molar refractivity (Wildman–Crippen MR) is 142 cm³/mol. The Morgan fingerprint density at radius 1 is 1.20 bits per heavy atom. The zero-order valence-electron chi connectivity index (χ0n) is 20.6. The summed E-state index contributed by atoms with van der Waals surface area (Å²) >= 11 is 2.84. The molecule has 0 bridgehead atoms. The molecular formula is C25H31N5O3S2. The van der Waals surface area contributed by atoms with Crippen molar-refractivity contribution in [2.75, 3.05) is 36.7 Å². The van der Waals surface area contributed by atoms with Crippen LogP contribution >= 0.6 is 23.1 Å². The third-order valence-corrected chi connectivity index (χ3v) is 8.06.